The smallest absolute Gasteiger partial charge is 0.123 e. The minimum Gasteiger partial charge on any atom is -0.241 e. The van der Waals surface area contributed by atoms with Crippen LogP contribution in [0.15, 0.2) is 24.3 Å². The zero-order valence-electron chi connectivity index (χ0n) is 11.7. The number of hydrogen-bond acceptors (Lipinski definition) is 2. The van der Waals surface area contributed by atoms with Gasteiger partial charge >= 0.3 is 0 Å². The van der Waals surface area contributed by atoms with Crippen molar-refractivity contribution in [3.05, 3.63) is 40.7 Å². The van der Waals surface area contributed by atoms with Crippen molar-refractivity contribution < 1.29 is 4.39 Å². The summed E-state index contributed by atoms with van der Waals surface area (Å²) in [6, 6.07) is 6.62. The average molecular weight is 277 g/mol. The van der Waals surface area contributed by atoms with E-state index >= 15 is 0 Å². The van der Waals surface area contributed by atoms with E-state index in [2.05, 4.69) is 6.92 Å². The highest BCUT2D eigenvalue weighted by Gasteiger charge is 2.21. The van der Waals surface area contributed by atoms with Gasteiger partial charge in [-0.2, -0.15) is 0 Å². The first-order valence-electron chi connectivity index (χ1n) is 6.99. The van der Waals surface area contributed by atoms with E-state index in [9.17, 15) is 4.39 Å². The van der Waals surface area contributed by atoms with E-state index in [-0.39, 0.29) is 5.82 Å². The zero-order valence-corrected chi connectivity index (χ0v) is 12.6. The molecule has 0 fully saturated rings. The molecule has 1 heterocycles. The van der Waals surface area contributed by atoms with Crippen molar-refractivity contribution in [1.29, 1.82) is 0 Å². The zero-order chi connectivity index (χ0) is 13.8. The summed E-state index contributed by atoms with van der Waals surface area (Å²) in [4.78, 5) is 6.12. The summed E-state index contributed by atoms with van der Waals surface area (Å²) >= 11 is 1.77. The van der Waals surface area contributed by atoms with Gasteiger partial charge in [0.1, 0.15) is 10.8 Å². The first-order valence-corrected chi connectivity index (χ1v) is 7.81. The first kappa shape index (κ1) is 14.2. The number of aromatic nitrogens is 1. The van der Waals surface area contributed by atoms with Gasteiger partial charge in [0, 0.05) is 10.4 Å². The molecule has 19 heavy (non-hydrogen) atoms. The molecule has 3 rings (SSSR count). The van der Waals surface area contributed by atoms with Crippen LogP contribution < -0.4 is 0 Å². The van der Waals surface area contributed by atoms with Crippen LogP contribution in [-0.2, 0) is 6.42 Å². The molecule has 3 heteroatoms. The van der Waals surface area contributed by atoms with Crippen LogP contribution in [0.3, 0.4) is 0 Å². The van der Waals surface area contributed by atoms with E-state index in [0.29, 0.717) is 5.92 Å². The Hall–Kier alpha value is -1.22. The summed E-state index contributed by atoms with van der Waals surface area (Å²) in [6.45, 7) is 6.27. The number of nitrogens with zero attached hydrogens (tertiary/aromatic N) is 1. The molecule has 1 aromatic carbocycles. The lowest BCUT2D eigenvalue weighted by Gasteiger charge is -2.15. The Kier molecular flexibility index (Phi) is 4.70. The molecule has 0 N–H and O–H groups in total. The van der Waals surface area contributed by atoms with Gasteiger partial charge in [0.15, 0.2) is 0 Å². The van der Waals surface area contributed by atoms with Gasteiger partial charge in [-0.1, -0.05) is 20.8 Å². The van der Waals surface area contributed by atoms with Gasteiger partial charge in [-0.15, -0.1) is 11.3 Å². The Morgan fingerprint density at radius 3 is 2.53 bits per heavy atom. The second kappa shape index (κ2) is 6.29. The van der Waals surface area contributed by atoms with E-state index in [4.69, 9.17) is 4.98 Å². The third-order valence-corrected chi connectivity index (χ3v) is 4.70. The fourth-order valence-corrected chi connectivity index (χ4v) is 3.55. The van der Waals surface area contributed by atoms with E-state index in [1.807, 2.05) is 26.0 Å². The van der Waals surface area contributed by atoms with Gasteiger partial charge in [-0.3, -0.25) is 0 Å². The summed E-state index contributed by atoms with van der Waals surface area (Å²) in [6.07, 6.45) is 3.59. The van der Waals surface area contributed by atoms with Gasteiger partial charge < -0.3 is 0 Å². The molecule has 1 aliphatic rings. The summed E-state index contributed by atoms with van der Waals surface area (Å²) < 4.78 is 12.9. The molecule has 0 bridgehead atoms. The van der Waals surface area contributed by atoms with Crippen molar-refractivity contribution in [3.8, 4) is 10.6 Å². The molecule has 0 amide bonds. The predicted molar refractivity (Wildman–Crippen MR) is 80.2 cm³/mol. The van der Waals surface area contributed by atoms with E-state index < -0.39 is 0 Å². The fourth-order valence-electron chi connectivity index (χ4n) is 2.35. The van der Waals surface area contributed by atoms with E-state index in [1.54, 1.807) is 11.3 Å². The molecule has 1 aromatic heterocycles. The Balaban J connectivity index is 0.000000637. The molecular weight excluding hydrogens is 257 g/mol. The Morgan fingerprint density at radius 1 is 1.21 bits per heavy atom. The fraction of sp³-hybridized carbons (Fsp3) is 0.438. The van der Waals surface area contributed by atoms with Crippen LogP contribution in [0, 0.1) is 5.82 Å². The summed E-state index contributed by atoms with van der Waals surface area (Å²) in [7, 11) is 0. The van der Waals surface area contributed by atoms with Crippen LogP contribution in [0.5, 0.6) is 0 Å². The molecule has 2 aromatic rings. The van der Waals surface area contributed by atoms with Gasteiger partial charge in [0.05, 0.1) is 5.69 Å². The first-order chi connectivity index (χ1) is 9.24. The molecule has 1 aliphatic carbocycles. The summed E-state index contributed by atoms with van der Waals surface area (Å²) in [5.41, 5.74) is 2.28. The van der Waals surface area contributed by atoms with Crippen LogP contribution >= 0.6 is 11.3 Å². The summed E-state index contributed by atoms with van der Waals surface area (Å²) in [5, 5.41) is 1.03. The van der Waals surface area contributed by atoms with Crippen molar-refractivity contribution >= 4 is 11.3 Å². The van der Waals surface area contributed by atoms with Crippen molar-refractivity contribution in [1.82, 2.24) is 4.98 Å². The topological polar surface area (TPSA) is 12.9 Å². The average Bonchev–Trinajstić information content (AvgIpc) is 2.87. The monoisotopic (exact) mass is 277 g/mol. The molecule has 1 nitrogen and oxygen atoms in total. The number of hydrogen-bond donors (Lipinski definition) is 0. The highest BCUT2D eigenvalue weighted by atomic mass is 32.1. The number of thiazole rings is 1. The lowest BCUT2D eigenvalue weighted by atomic mass is 9.94. The maximum absolute atomic E-state index is 12.9. The maximum atomic E-state index is 12.9. The normalized spacial score (nSPS) is 17.4. The standard InChI is InChI=1S/C14H14FNS.C2H6/c1-9-3-2-4-12-13(9)17-14(16-12)10-5-7-11(15)8-6-10;1-2/h5-9H,2-4H2,1H3;1-2H3. The second-order valence-electron chi connectivity index (χ2n) is 4.63. The highest BCUT2D eigenvalue weighted by Crippen LogP contribution is 2.38. The van der Waals surface area contributed by atoms with Crippen LogP contribution in [0.2, 0.25) is 0 Å². The third kappa shape index (κ3) is 3.03. The summed E-state index contributed by atoms with van der Waals surface area (Å²) in [5.74, 6) is 0.439. The van der Waals surface area contributed by atoms with Crippen LogP contribution in [0.4, 0.5) is 4.39 Å². The number of fused-ring (bicyclic) bond motifs is 1. The van der Waals surface area contributed by atoms with Gasteiger partial charge in [0.25, 0.3) is 0 Å². The van der Waals surface area contributed by atoms with E-state index in [0.717, 1.165) is 17.0 Å². The van der Waals surface area contributed by atoms with Gasteiger partial charge in [0.2, 0.25) is 0 Å². The van der Waals surface area contributed by atoms with Crippen molar-refractivity contribution in [2.45, 2.75) is 46.0 Å². The van der Waals surface area contributed by atoms with Gasteiger partial charge in [-0.25, -0.2) is 9.37 Å². The van der Waals surface area contributed by atoms with Crippen LogP contribution in [-0.4, -0.2) is 4.98 Å². The lowest BCUT2D eigenvalue weighted by molar-refractivity contribution is 0.593. The Morgan fingerprint density at radius 2 is 1.89 bits per heavy atom. The highest BCUT2D eigenvalue weighted by molar-refractivity contribution is 7.15. The quantitative estimate of drug-likeness (QED) is 0.678. The predicted octanol–water partition coefficient (Wildman–Crippen LogP) is 5.42. The van der Waals surface area contributed by atoms with Crippen LogP contribution in [0.1, 0.15) is 50.1 Å². The minimum absolute atomic E-state index is 0.191. The number of aryl methyl sites for hydroxylation is 1. The van der Waals surface area contributed by atoms with Crippen LogP contribution in [0.25, 0.3) is 10.6 Å². The second-order valence-corrected chi connectivity index (χ2v) is 5.66. The molecule has 0 radical (unpaired) electrons. The minimum atomic E-state index is -0.191. The van der Waals surface area contributed by atoms with Crippen molar-refractivity contribution in [2.75, 3.05) is 0 Å². The van der Waals surface area contributed by atoms with Crippen molar-refractivity contribution in [2.24, 2.45) is 0 Å². The Bertz CT molecular complexity index is 530. The lowest BCUT2D eigenvalue weighted by Crippen LogP contribution is -2.03. The largest absolute Gasteiger partial charge is 0.241 e. The Labute approximate surface area is 118 Å². The molecule has 0 saturated heterocycles. The van der Waals surface area contributed by atoms with Crippen molar-refractivity contribution in [3.63, 3.8) is 0 Å². The molecule has 0 spiro atoms. The van der Waals surface area contributed by atoms with Gasteiger partial charge in [-0.05, 0) is 49.4 Å². The molecule has 1 unspecified atom stereocenters. The molecule has 0 saturated carbocycles. The number of benzene rings is 1. The van der Waals surface area contributed by atoms with E-state index in [1.165, 1.54) is 35.5 Å². The molecule has 102 valence electrons. The third-order valence-electron chi connectivity index (χ3n) is 3.32. The molecule has 1 atom stereocenters. The number of rotatable bonds is 1. The SMILES string of the molecule is CC.CC1CCCc2nc(-c3ccc(F)cc3)sc21. The number of halogens is 1. The molecule has 0 aliphatic heterocycles. The maximum Gasteiger partial charge on any atom is 0.123 e. The molecular formula is C16H20FNS.